The SMILES string of the molecule is O=C(O)CCC=CCC[C@@H]1[C@@H](N2CCSCC2)[C@H](O)C[C@@H]1OCc1ccc(Cc2ccccc2)cc1. The standard InChI is InChI=1S/C30H39NO4S/c32-27-21-28(35-22-25-14-12-24(13-15-25)20-23-8-4-3-5-9-23)26(10-6-1-2-7-11-29(33)34)30(27)31-16-18-36-19-17-31/h1-5,8-9,12-15,26-28,30,32H,6-7,10-11,16-22H2,(H,33,34)/t26-,27+,28-,30+/m0/s1. The Labute approximate surface area is 219 Å². The number of hydrogen-bond acceptors (Lipinski definition) is 5. The number of carbonyl (C=O) groups is 1. The molecular formula is C30H39NO4S. The molecule has 1 saturated heterocycles. The fourth-order valence-corrected chi connectivity index (χ4v) is 6.45. The van der Waals surface area contributed by atoms with Crippen molar-refractivity contribution in [3.05, 3.63) is 83.4 Å². The Bertz CT molecular complexity index is 959. The third kappa shape index (κ3) is 7.94. The van der Waals surface area contributed by atoms with Crippen LogP contribution in [-0.4, -0.2) is 63.9 Å². The molecule has 4 atom stereocenters. The highest BCUT2D eigenvalue weighted by molar-refractivity contribution is 7.99. The first-order valence-corrected chi connectivity index (χ1v) is 14.4. The zero-order chi connectivity index (χ0) is 25.2. The highest BCUT2D eigenvalue weighted by atomic mass is 32.2. The van der Waals surface area contributed by atoms with Crippen LogP contribution in [0.25, 0.3) is 0 Å². The van der Waals surface area contributed by atoms with Gasteiger partial charge in [0.15, 0.2) is 0 Å². The van der Waals surface area contributed by atoms with Crippen LogP contribution in [0.15, 0.2) is 66.7 Å². The highest BCUT2D eigenvalue weighted by Gasteiger charge is 2.45. The van der Waals surface area contributed by atoms with E-state index in [0.717, 1.165) is 49.4 Å². The van der Waals surface area contributed by atoms with Crippen LogP contribution in [0.1, 0.15) is 48.8 Å². The summed E-state index contributed by atoms with van der Waals surface area (Å²) >= 11 is 1.99. The van der Waals surface area contributed by atoms with E-state index in [1.807, 2.05) is 23.9 Å². The Hall–Kier alpha value is -2.12. The normalized spacial score (nSPS) is 24.9. The molecule has 2 fully saturated rings. The smallest absolute Gasteiger partial charge is 0.303 e. The first kappa shape index (κ1) is 26.9. The first-order valence-electron chi connectivity index (χ1n) is 13.2. The van der Waals surface area contributed by atoms with E-state index in [4.69, 9.17) is 9.84 Å². The number of benzene rings is 2. The van der Waals surface area contributed by atoms with Gasteiger partial charge in [0.05, 0.1) is 18.8 Å². The van der Waals surface area contributed by atoms with Crippen molar-refractivity contribution in [3.8, 4) is 0 Å². The molecule has 1 heterocycles. The molecule has 2 aliphatic rings. The third-order valence-corrected chi connectivity index (χ3v) is 8.29. The number of aliphatic hydroxyl groups is 1. The van der Waals surface area contributed by atoms with Crippen molar-refractivity contribution in [3.63, 3.8) is 0 Å². The predicted molar refractivity (Wildman–Crippen MR) is 146 cm³/mol. The molecule has 2 aromatic rings. The quantitative estimate of drug-likeness (QED) is 0.385. The van der Waals surface area contributed by atoms with Crippen molar-refractivity contribution in [1.82, 2.24) is 4.90 Å². The first-order chi connectivity index (χ1) is 17.6. The number of aliphatic carboxylic acids is 1. The minimum Gasteiger partial charge on any atom is -0.481 e. The molecule has 1 aliphatic carbocycles. The van der Waals surface area contributed by atoms with Gasteiger partial charge >= 0.3 is 5.97 Å². The maximum Gasteiger partial charge on any atom is 0.303 e. The van der Waals surface area contributed by atoms with E-state index in [2.05, 4.69) is 59.5 Å². The lowest BCUT2D eigenvalue weighted by molar-refractivity contribution is -0.136. The summed E-state index contributed by atoms with van der Waals surface area (Å²) < 4.78 is 6.47. The summed E-state index contributed by atoms with van der Waals surface area (Å²) in [5, 5.41) is 19.9. The van der Waals surface area contributed by atoms with Crippen LogP contribution in [0.2, 0.25) is 0 Å². The average molecular weight is 510 g/mol. The van der Waals surface area contributed by atoms with E-state index in [1.165, 1.54) is 11.1 Å². The van der Waals surface area contributed by atoms with Gasteiger partial charge in [0.25, 0.3) is 0 Å². The molecule has 2 aromatic carbocycles. The fourth-order valence-electron chi connectivity index (χ4n) is 5.51. The van der Waals surface area contributed by atoms with Gasteiger partial charge in [0.1, 0.15) is 0 Å². The van der Waals surface area contributed by atoms with E-state index in [1.54, 1.807) is 0 Å². The zero-order valence-electron chi connectivity index (χ0n) is 21.0. The summed E-state index contributed by atoms with van der Waals surface area (Å²) in [6.45, 7) is 2.59. The Kier molecular flexibility index (Phi) is 10.5. The molecule has 0 spiro atoms. The summed E-state index contributed by atoms with van der Waals surface area (Å²) in [6, 6.07) is 19.3. The molecule has 5 nitrogen and oxygen atoms in total. The number of carboxylic acids is 1. The molecule has 2 N–H and O–H groups in total. The lowest BCUT2D eigenvalue weighted by atomic mass is 9.93. The van der Waals surface area contributed by atoms with Crippen molar-refractivity contribution in [2.45, 2.75) is 63.4 Å². The van der Waals surface area contributed by atoms with Crippen molar-refractivity contribution >= 4 is 17.7 Å². The summed E-state index contributed by atoms with van der Waals surface area (Å²) in [4.78, 5) is 13.2. The lowest BCUT2D eigenvalue weighted by Crippen LogP contribution is -2.48. The average Bonchev–Trinajstić information content (AvgIpc) is 3.21. The van der Waals surface area contributed by atoms with Gasteiger partial charge in [-0.05, 0) is 42.4 Å². The van der Waals surface area contributed by atoms with E-state index in [0.29, 0.717) is 19.4 Å². The number of nitrogens with zero attached hydrogens (tertiary/aromatic N) is 1. The second-order valence-electron chi connectivity index (χ2n) is 9.92. The van der Waals surface area contributed by atoms with Gasteiger partial charge in [0.2, 0.25) is 0 Å². The molecule has 0 aromatic heterocycles. The van der Waals surface area contributed by atoms with Crippen LogP contribution in [0.3, 0.4) is 0 Å². The van der Waals surface area contributed by atoms with Crippen LogP contribution >= 0.6 is 11.8 Å². The van der Waals surface area contributed by atoms with E-state index >= 15 is 0 Å². The molecule has 0 unspecified atom stereocenters. The predicted octanol–water partition coefficient (Wildman–Crippen LogP) is 5.16. The van der Waals surface area contributed by atoms with Crippen molar-refractivity contribution < 1.29 is 19.7 Å². The topological polar surface area (TPSA) is 70.0 Å². The summed E-state index contributed by atoms with van der Waals surface area (Å²) in [6.07, 6.45) is 7.88. The largest absolute Gasteiger partial charge is 0.481 e. The Morgan fingerprint density at radius 1 is 0.972 bits per heavy atom. The number of aliphatic hydroxyl groups excluding tert-OH is 1. The molecule has 0 amide bonds. The van der Waals surface area contributed by atoms with E-state index < -0.39 is 5.97 Å². The number of allylic oxidation sites excluding steroid dienone is 2. The molecule has 0 radical (unpaired) electrons. The molecule has 1 aliphatic heterocycles. The van der Waals surface area contributed by atoms with Gasteiger partial charge in [-0.1, -0.05) is 66.7 Å². The van der Waals surface area contributed by atoms with Crippen molar-refractivity contribution in [2.75, 3.05) is 24.6 Å². The van der Waals surface area contributed by atoms with Crippen LogP contribution in [0.5, 0.6) is 0 Å². The Morgan fingerprint density at radius 3 is 2.36 bits per heavy atom. The maximum absolute atomic E-state index is 11.0. The number of carboxylic acid groups (broad SMARTS) is 1. The number of hydrogen-bond donors (Lipinski definition) is 2. The second-order valence-corrected chi connectivity index (χ2v) is 11.1. The Morgan fingerprint density at radius 2 is 1.64 bits per heavy atom. The van der Waals surface area contributed by atoms with Crippen molar-refractivity contribution in [2.24, 2.45) is 5.92 Å². The minimum absolute atomic E-state index is 0.0241. The van der Waals surface area contributed by atoms with Crippen LogP contribution < -0.4 is 0 Å². The fraction of sp³-hybridized carbons (Fsp3) is 0.500. The monoisotopic (exact) mass is 509 g/mol. The molecule has 36 heavy (non-hydrogen) atoms. The van der Waals surface area contributed by atoms with Gasteiger partial charge < -0.3 is 14.9 Å². The second kappa shape index (κ2) is 14.0. The van der Waals surface area contributed by atoms with Gasteiger partial charge in [-0.3, -0.25) is 9.69 Å². The molecular weight excluding hydrogens is 470 g/mol. The van der Waals surface area contributed by atoms with Crippen LogP contribution in [-0.2, 0) is 22.6 Å². The van der Waals surface area contributed by atoms with E-state index in [-0.39, 0.29) is 30.6 Å². The lowest BCUT2D eigenvalue weighted by Gasteiger charge is -2.37. The number of rotatable bonds is 12. The highest BCUT2D eigenvalue weighted by Crippen LogP contribution is 2.37. The maximum atomic E-state index is 11.0. The van der Waals surface area contributed by atoms with Crippen LogP contribution in [0, 0.1) is 5.92 Å². The molecule has 0 bridgehead atoms. The van der Waals surface area contributed by atoms with Gasteiger partial charge in [-0.25, -0.2) is 0 Å². The molecule has 194 valence electrons. The molecule has 4 rings (SSSR count). The summed E-state index contributed by atoms with van der Waals surface area (Å²) in [5.41, 5.74) is 3.76. The van der Waals surface area contributed by atoms with Crippen molar-refractivity contribution in [1.29, 1.82) is 0 Å². The number of ether oxygens (including phenoxy) is 1. The van der Waals surface area contributed by atoms with Gasteiger partial charge in [-0.15, -0.1) is 0 Å². The number of thioether (sulfide) groups is 1. The van der Waals surface area contributed by atoms with E-state index in [9.17, 15) is 9.90 Å². The molecule has 1 saturated carbocycles. The van der Waals surface area contributed by atoms with Gasteiger partial charge in [-0.2, -0.15) is 11.8 Å². The minimum atomic E-state index is -0.761. The summed E-state index contributed by atoms with van der Waals surface area (Å²) in [7, 11) is 0. The Balaban J connectivity index is 1.35. The summed E-state index contributed by atoms with van der Waals surface area (Å²) in [5.74, 6) is 1.74. The third-order valence-electron chi connectivity index (χ3n) is 7.35. The zero-order valence-corrected chi connectivity index (χ0v) is 21.8. The van der Waals surface area contributed by atoms with Gasteiger partial charge in [0, 0.05) is 49.4 Å². The van der Waals surface area contributed by atoms with Crippen LogP contribution in [0.4, 0.5) is 0 Å². The molecule has 6 heteroatoms.